The van der Waals surface area contributed by atoms with E-state index in [0.717, 1.165) is 0 Å². The third-order valence-corrected chi connectivity index (χ3v) is 2.07. The minimum atomic E-state index is -0.346. The lowest BCUT2D eigenvalue weighted by Crippen LogP contribution is -2.44. The highest BCUT2D eigenvalue weighted by Crippen LogP contribution is 2.01. The second-order valence-corrected chi connectivity index (χ2v) is 3.67. The fraction of sp³-hybridized carbons (Fsp3) is 0.500. The van der Waals surface area contributed by atoms with Gasteiger partial charge in [-0.05, 0) is 12.0 Å². The van der Waals surface area contributed by atoms with Crippen molar-refractivity contribution >= 4 is 5.91 Å². The average Bonchev–Trinajstić information content (AvgIpc) is 2.18. The SMILES string of the molecule is CC(C)C(NCc1ncccn1)C(N)=O. The molecule has 0 fully saturated rings. The zero-order chi connectivity index (χ0) is 11.3. The van der Waals surface area contributed by atoms with Gasteiger partial charge in [0, 0.05) is 12.4 Å². The molecule has 1 heterocycles. The number of hydrogen-bond acceptors (Lipinski definition) is 4. The van der Waals surface area contributed by atoms with Gasteiger partial charge in [-0.3, -0.25) is 10.1 Å². The van der Waals surface area contributed by atoms with E-state index in [2.05, 4.69) is 15.3 Å². The van der Waals surface area contributed by atoms with Crippen LogP contribution in [-0.2, 0) is 11.3 Å². The number of primary amides is 1. The Morgan fingerprint density at radius 1 is 1.47 bits per heavy atom. The summed E-state index contributed by atoms with van der Waals surface area (Å²) in [6.07, 6.45) is 3.33. The standard InChI is InChI=1S/C10H16N4O/c1-7(2)9(10(11)15)14-6-8-12-4-3-5-13-8/h3-5,7,9,14H,6H2,1-2H3,(H2,11,15). The van der Waals surface area contributed by atoms with Crippen LogP contribution >= 0.6 is 0 Å². The normalized spacial score (nSPS) is 12.7. The molecule has 0 aliphatic heterocycles. The summed E-state index contributed by atoms with van der Waals surface area (Å²) in [7, 11) is 0. The number of nitrogens with one attached hydrogen (secondary N) is 1. The second-order valence-electron chi connectivity index (χ2n) is 3.67. The maximum Gasteiger partial charge on any atom is 0.234 e. The summed E-state index contributed by atoms with van der Waals surface area (Å²) in [4.78, 5) is 19.2. The summed E-state index contributed by atoms with van der Waals surface area (Å²) in [5.74, 6) is 0.469. The molecule has 3 N–H and O–H groups in total. The van der Waals surface area contributed by atoms with E-state index in [-0.39, 0.29) is 17.9 Å². The lowest BCUT2D eigenvalue weighted by atomic mass is 10.0. The van der Waals surface area contributed by atoms with E-state index < -0.39 is 0 Å². The van der Waals surface area contributed by atoms with Crippen molar-refractivity contribution in [3.63, 3.8) is 0 Å². The summed E-state index contributed by atoms with van der Waals surface area (Å²) in [6.45, 7) is 4.33. The Hall–Kier alpha value is -1.49. The van der Waals surface area contributed by atoms with Crippen LogP contribution in [0.25, 0.3) is 0 Å². The number of carbonyl (C=O) groups is 1. The zero-order valence-electron chi connectivity index (χ0n) is 8.97. The number of aromatic nitrogens is 2. The van der Waals surface area contributed by atoms with Gasteiger partial charge in [-0.1, -0.05) is 13.8 Å². The summed E-state index contributed by atoms with van der Waals surface area (Å²) < 4.78 is 0. The van der Waals surface area contributed by atoms with Crippen LogP contribution < -0.4 is 11.1 Å². The minimum Gasteiger partial charge on any atom is -0.368 e. The molecule has 0 bridgehead atoms. The first-order valence-corrected chi connectivity index (χ1v) is 4.90. The molecule has 0 aliphatic carbocycles. The van der Waals surface area contributed by atoms with Gasteiger partial charge in [-0.2, -0.15) is 0 Å². The monoisotopic (exact) mass is 208 g/mol. The van der Waals surface area contributed by atoms with Crippen LogP contribution in [0.5, 0.6) is 0 Å². The topological polar surface area (TPSA) is 80.9 Å². The molecular formula is C10H16N4O. The Labute approximate surface area is 89.1 Å². The average molecular weight is 208 g/mol. The number of nitrogens with two attached hydrogens (primary N) is 1. The van der Waals surface area contributed by atoms with Crippen LogP contribution in [0.15, 0.2) is 18.5 Å². The van der Waals surface area contributed by atoms with Crippen molar-refractivity contribution in [2.75, 3.05) is 0 Å². The first-order valence-electron chi connectivity index (χ1n) is 4.90. The lowest BCUT2D eigenvalue weighted by molar-refractivity contribution is -0.121. The maximum absolute atomic E-state index is 11.1. The van der Waals surface area contributed by atoms with Gasteiger partial charge in [0.2, 0.25) is 5.91 Å². The van der Waals surface area contributed by atoms with Crippen molar-refractivity contribution in [1.82, 2.24) is 15.3 Å². The third kappa shape index (κ3) is 3.63. The third-order valence-electron chi connectivity index (χ3n) is 2.07. The van der Waals surface area contributed by atoms with Crippen LogP contribution in [0.1, 0.15) is 19.7 Å². The first-order chi connectivity index (χ1) is 7.11. The van der Waals surface area contributed by atoms with Crippen LogP contribution in [0.3, 0.4) is 0 Å². The van der Waals surface area contributed by atoms with Crippen LogP contribution in [0.4, 0.5) is 0 Å². The number of rotatable bonds is 5. The van der Waals surface area contributed by atoms with Gasteiger partial charge >= 0.3 is 0 Å². The highest BCUT2D eigenvalue weighted by molar-refractivity contribution is 5.80. The Morgan fingerprint density at radius 2 is 2.07 bits per heavy atom. The molecule has 0 saturated heterocycles. The zero-order valence-corrected chi connectivity index (χ0v) is 8.97. The van der Waals surface area contributed by atoms with Gasteiger partial charge in [-0.25, -0.2) is 9.97 Å². The van der Waals surface area contributed by atoms with E-state index in [0.29, 0.717) is 12.4 Å². The molecule has 82 valence electrons. The van der Waals surface area contributed by atoms with Crippen molar-refractivity contribution in [3.05, 3.63) is 24.3 Å². The molecule has 5 heteroatoms. The van der Waals surface area contributed by atoms with Gasteiger partial charge < -0.3 is 5.73 Å². The molecule has 0 aliphatic rings. The predicted octanol–water partition coefficient (Wildman–Crippen LogP) is 0.0761. The summed E-state index contributed by atoms with van der Waals surface area (Å²) in [6, 6.07) is 1.41. The molecule has 1 aromatic heterocycles. The smallest absolute Gasteiger partial charge is 0.234 e. The second kappa shape index (κ2) is 5.41. The molecule has 1 rings (SSSR count). The van der Waals surface area contributed by atoms with E-state index in [1.807, 2.05) is 13.8 Å². The number of carbonyl (C=O) groups excluding carboxylic acids is 1. The molecule has 0 radical (unpaired) electrons. The van der Waals surface area contributed by atoms with Crippen molar-refractivity contribution in [2.24, 2.45) is 11.7 Å². The Kier molecular flexibility index (Phi) is 4.17. The molecule has 1 unspecified atom stereocenters. The van der Waals surface area contributed by atoms with E-state index in [9.17, 15) is 4.79 Å². The molecular weight excluding hydrogens is 192 g/mol. The van der Waals surface area contributed by atoms with Crippen molar-refractivity contribution in [2.45, 2.75) is 26.4 Å². The minimum absolute atomic E-state index is 0.159. The van der Waals surface area contributed by atoms with E-state index in [4.69, 9.17) is 5.73 Å². The molecule has 0 spiro atoms. The quantitative estimate of drug-likeness (QED) is 0.718. The predicted molar refractivity (Wildman–Crippen MR) is 56.7 cm³/mol. The number of amides is 1. The molecule has 1 atom stereocenters. The first kappa shape index (κ1) is 11.6. The van der Waals surface area contributed by atoms with Gasteiger partial charge in [-0.15, -0.1) is 0 Å². The lowest BCUT2D eigenvalue weighted by Gasteiger charge is -2.18. The summed E-state index contributed by atoms with van der Waals surface area (Å²) >= 11 is 0. The highest BCUT2D eigenvalue weighted by atomic mass is 16.1. The molecule has 1 aromatic rings. The van der Waals surface area contributed by atoms with Gasteiger partial charge in [0.25, 0.3) is 0 Å². The molecule has 1 amide bonds. The Balaban J connectivity index is 2.51. The van der Waals surface area contributed by atoms with Crippen molar-refractivity contribution in [3.8, 4) is 0 Å². The summed E-state index contributed by atoms with van der Waals surface area (Å²) in [5.41, 5.74) is 5.26. The van der Waals surface area contributed by atoms with Crippen molar-refractivity contribution in [1.29, 1.82) is 0 Å². The van der Waals surface area contributed by atoms with E-state index in [1.165, 1.54) is 0 Å². The fourth-order valence-corrected chi connectivity index (χ4v) is 1.29. The maximum atomic E-state index is 11.1. The summed E-state index contributed by atoms with van der Waals surface area (Å²) in [5, 5.41) is 3.04. The highest BCUT2D eigenvalue weighted by Gasteiger charge is 2.18. The Bertz CT molecular complexity index is 312. The molecule has 0 saturated carbocycles. The number of nitrogens with zero attached hydrogens (tertiary/aromatic N) is 2. The van der Waals surface area contributed by atoms with Gasteiger partial charge in [0.15, 0.2) is 0 Å². The van der Waals surface area contributed by atoms with E-state index >= 15 is 0 Å². The molecule has 5 nitrogen and oxygen atoms in total. The van der Waals surface area contributed by atoms with Crippen molar-refractivity contribution < 1.29 is 4.79 Å². The van der Waals surface area contributed by atoms with E-state index in [1.54, 1.807) is 18.5 Å². The Morgan fingerprint density at radius 3 is 2.53 bits per heavy atom. The van der Waals surface area contributed by atoms with Crippen LogP contribution in [0.2, 0.25) is 0 Å². The fourth-order valence-electron chi connectivity index (χ4n) is 1.29. The van der Waals surface area contributed by atoms with Gasteiger partial charge in [0.1, 0.15) is 5.82 Å². The van der Waals surface area contributed by atoms with Crippen LogP contribution in [-0.4, -0.2) is 21.9 Å². The molecule has 0 aromatic carbocycles. The molecule has 15 heavy (non-hydrogen) atoms. The van der Waals surface area contributed by atoms with Crippen LogP contribution in [0, 0.1) is 5.92 Å². The largest absolute Gasteiger partial charge is 0.368 e. The number of hydrogen-bond donors (Lipinski definition) is 2. The van der Waals surface area contributed by atoms with Gasteiger partial charge in [0.05, 0.1) is 12.6 Å².